The zero-order valence-corrected chi connectivity index (χ0v) is 14.4. The van der Waals surface area contributed by atoms with Gasteiger partial charge in [0.05, 0.1) is 12.0 Å². The van der Waals surface area contributed by atoms with E-state index in [2.05, 4.69) is 21.0 Å². The van der Waals surface area contributed by atoms with Crippen LogP contribution in [0.15, 0.2) is 22.7 Å². The first-order valence-corrected chi connectivity index (χ1v) is 7.36. The second-order valence-electron chi connectivity index (χ2n) is 4.95. The number of rotatable bonds is 5. The molecule has 2 aromatic rings. The normalized spacial score (nSPS) is 10.6. The molecule has 7 nitrogen and oxygen atoms in total. The van der Waals surface area contributed by atoms with E-state index in [4.69, 9.17) is 4.74 Å². The van der Waals surface area contributed by atoms with E-state index in [9.17, 15) is 10.1 Å². The molecule has 0 aliphatic carbocycles. The highest BCUT2D eigenvalue weighted by molar-refractivity contribution is 9.10. The molecule has 1 aromatic carbocycles. The number of aromatic nitrogens is 2. The lowest BCUT2D eigenvalue weighted by molar-refractivity contribution is -0.384. The summed E-state index contributed by atoms with van der Waals surface area (Å²) in [4.78, 5) is 12.7. The number of anilines is 1. The third kappa shape index (κ3) is 3.06. The maximum absolute atomic E-state index is 11.3. The van der Waals surface area contributed by atoms with Gasteiger partial charge in [-0.15, -0.1) is 0 Å². The number of aryl methyl sites for hydroxylation is 2. The number of halogens is 1. The number of hydrogen-bond acceptors (Lipinski definition) is 5. The first kappa shape index (κ1) is 16.3. The van der Waals surface area contributed by atoms with Gasteiger partial charge in [0.15, 0.2) is 0 Å². The average Bonchev–Trinajstić information content (AvgIpc) is 2.73. The molecular weight excluding hydrogens is 352 g/mol. The fourth-order valence-corrected chi connectivity index (χ4v) is 2.89. The Balaban J connectivity index is 2.40. The standard InChI is InChI=1S/C14H17BrN4O3/c1-9-13(19(20)21)14(18(3)16-9)17(2)8-10-7-11(15)5-6-12(10)22-4/h5-7H,8H2,1-4H3. The van der Waals surface area contributed by atoms with E-state index in [1.807, 2.05) is 18.2 Å². The largest absolute Gasteiger partial charge is 0.496 e. The van der Waals surface area contributed by atoms with Gasteiger partial charge in [0.25, 0.3) is 0 Å². The van der Waals surface area contributed by atoms with Gasteiger partial charge >= 0.3 is 5.69 Å². The predicted molar refractivity (Wildman–Crippen MR) is 87.4 cm³/mol. The Bertz CT molecular complexity index is 714. The molecule has 0 aliphatic heterocycles. The smallest absolute Gasteiger partial charge is 0.333 e. The summed E-state index contributed by atoms with van der Waals surface area (Å²) in [6, 6.07) is 5.68. The van der Waals surface area contributed by atoms with Gasteiger partial charge in [-0.3, -0.25) is 10.1 Å². The Morgan fingerprint density at radius 2 is 2.18 bits per heavy atom. The van der Waals surface area contributed by atoms with Crippen molar-refractivity contribution in [2.45, 2.75) is 13.5 Å². The molecule has 0 fully saturated rings. The van der Waals surface area contributed by atoms with E-state index in [0.717, 1.165) is 15.8 Å². The maximum Gasteiger partial charge on any atom is 0.333 e. The van der Waals surface area contributed by atoms with E-state index in [0.29, 0.717) is 18.1 Å². The van der Waals surface area contributed by atoms with E-state index >= 15 is 0 Å². The van der Waals surface area contributed by atoms with Gasteiger partial charge in [-0.05, 0) is 25.1 Å². The van der Waals surface area contributed by atoms with E-state index < -0.39 is 4.92 Å². The maximum atomic E-state index is 11.3. The van der Waals surface area contributed by atoms with Crippen LogP contribution in [0.2, 0.25) is 0 Å². The van der Waals surface area contributed by atoms with Crippen molar-refractivity contribution in [2.24, 2.45) is 7.05 Å². The summed E-state index contributed by atoms with van der Waals surface area (Å²) >= 11 is 3.43. The molecule has 0 amide bonds. The Morgan fingerprint density at radius 1 is 1.50 bits per heavy atom. The second-order valence-corrected chi connectivity index (χ2v) is 5.87. The van der Waals surface area contributed by atoms with E-state index in [1.54, 1.807) is 33.0 Å². The highest BCUT2D eigenvalue weighted by Crippen LogP contribution is 2.32. The molecule has 0 saturated heterocycles. The lowest BCUT2D eigenvalue weighted by Gasteiger charge is -2.20. The van der Waals surface area contributed by atoms with Crippen LogP contribution >= 0.6 is 15.9 Å². The summed E-state index contributed by atoms with van der Waals surface area (Å²) in [5.74, 6) is 1.20. The molecule has 8 heteroatoms. The number of hydrogen-bond donors (Lipinski definition) is 0. The van der Waals surface area contributed by atoms with Crippen molar-refractivity contribution in [1.29, 1.82) is 0 Å². The van der Waals surface area contributed by atoms with Crippen molar-refractivity contribution in [3.8, 4) is 5.75 Å². The van der Waals surface area contributed by atoms with Crippen LogP contribution in [0.4, 0.5) is 11.5 Å². The van der Waals surface area contributed by atoms with Crippen LogP contribution in [0.3, 0.4) is 0 Å². The number of methoxy groups -OCH3 is 1. The van der Waals surface area contributed by atoms with Gasteiger partial charge < -0.3 is 9.64 Å². The number of nitrogens with zero attached hydrogens (tertiary/aromatic N) is 4. The lowest BCUT2D eigenvalue weighted by Crippen LogP contribution is -2.20. The fraction of sp³-hybridized carbons (Fsp3) is 0.357. The van der Waals surface area contributed by atoms with Crippen LogP contribution in [0.1, 0.15) is 11.3 Å². The number of benzene rings is 1. The average molecular weight is 369 g/mol. The van der Waals surface area contributed by atoms with Crippen molar-refractivity contribution in [3.63, 3.8) is 0 Å². The number of nitro groups is 1. The van der Waals surface area contributed by atoms with Crippen LogP contribution in [-0.4, -0.2) is 28.9 Å². The van der Waals surface area contributed by atoms with Crippen molar-refractivity contribution in [3.05, 3.63) is 44.0 Å². The third-order valence-electron chi connectivity index (χ3n) is 3.36. The van der Waals surface area contributed by atoms with Gasteiger partial charge in [-0.1, -0.05) is 15.9 Å². The lowest BCUT2D eigenvalue weighted by atomic mass is 10.2. The summed E-state index contributed by atoms with van der Waals surface area (Å²) in [7, 11) is 5.09. The van der Waals surface area contributed by atoms with E-state index in [-0.39, 0.29) is 5.69 Å². The molecule has 0 spiro atoms. The van der Waals surface area contributed by atoms with Crippen LogP contribution in [0.25, 0.3) is 0 Å². The van der Waals surface area contributed by atoms with Crippen LogP contribution < -0.4 is 9.64 Å². The Kier molecular flexibility index (Phi) is 4.70. The molecule has 118 valence electrons. The zero-order chi connectivity index (χ0) is 16.4. The molecule has 0 atom stereocenters. The Hall–Kier alpha value is -2.09. The van der Waals surface area contributed by atoms with Gasteiger partial charge in [0.2, 0.25) is 5.82 Å². The first-order chi connectivity index (χ1) is 10.3. The van der Waals surface area contributed by atoms with Gasteiger partial charge in [-0.25, -0.2) is 4.68 Å². The summed E-state index contributed by atoms with van der Waals surface area (Å²) in [5, 5.41) is 15.4. The molecule has 0 saturated carbocycles. The molecule has 0 aliphatic rings. The Labute approximate surface area is 136 Å². The predicted octanol–water partition coefficient (Wildman–Crippen LogP) is 3.04. The van der Waals surface area contributed by atoms with Crippen LogP contribution in [0, 0.1) is 17.0 Å². The van der Waals surface area contributed by atoms with E-state index in [1.165, 1.54) is 4.68 Å². The quantitative estimate of drug-likeness (QED) is 0.598. The topological polar surface area (TPSA) is 73.4 Å². The highest BCUT2D eigenvalue weighted by Gasteiger charge is 2.27. The SMILES string of the molecule is COc1ccc(Br)cc1CN(C)c1c([N+](=O)[O-])c(C)nn1C. The van der Waals surface area contributed by atoms with Gasteiger partial charge in [0, 0.05) is 30.7 Å². The molecule has 1 heterocycles. The molecule has 0 bridgehead atoms. The number of ether oxygens (including phenoxy) is 1. The molecule has 0 N–H and O–H groups in total. The van der Waals surface area contributed by atoms with Crippen molar-refractivity contribution in [1.82, 2.24) is 9.78 Å². The summed E-state index contributed by atoms with van der Waals surface area (Å²) in [6.45, 7) is 2.09. The van der Waals surface area contributed by atoms with Crippen molar-refractivity contribution < 1.29 is 9.66 Å². The molecular formula is C14H17BrN4O3. The first-order valence-electron chi connectivity index (χ1n) is 6.56. The zero-order valence-electron chi connectivity index (χ0n) is 12.8. The molecule has 1 aromatic heterocycles. The van der Waals surface area contributed by atoms with Crippen LogP contribution in [0.5, 0.6) is 5.75 Å². The molecule has 0 radical (unpaired) electrons. The summed E-state index contributed by atoms with van der Waals surface area (Å²) in [5.41, 5.74) is 1.35. The second kappa shape index (κ2) is 6.35. The minimum atomic E-state index is -0.397. The third-order valence-corrected chi connectivity index (χ3v) is 3.85. The molecule has 22 heavy (non-hydrogen) atoms. The molecule has 0 unspecified atom stereocenters. The van der Waals surface area contributed by atoms with Gasteiger partial charge in [0.1, 0.15) is 11.4 Å². The van der Waals surface area contributed by atoms with Gasteiger partial charge in [-0.2, -0.15) is 5.10 Å². The monoisotopic (exact) mass is 368 g/mol. The van der Waals surface area contributed by atoms with Crippen molar-refractivity contribution >= 4 is 27.4 Å². The summed E-state index contributed by atoms with van der Waals surface area (Å²) < 4.78 is 7.80. The minimum Gasteiger partial charge on any atom is -0.496 e. The van der Waals surface area contributed by atoms with Crippen LogP contribution in [-0.2, 0) is 13.6 Å². The minimum absolute atomic E-state index is 0.0268. The highest BCUT2D eigenvalue weighted by atomic mass is 79.9. The Morgan fingerprint density at radius 3 is 2.77 bits per heavy atom. The summed E-state index contributed by atoms with van der Waals surface area (Å²) in [6.07, 6.45) is 0. The molecule has 2 rings (SSSR count). The van der Waals surface area contributed by atoms with Crippen molar-refractivity contribution in [2.75, 3.05) is 19.1 Å². The fourth-order valence-electron chi connectivity index (χ4n) is 2.48.